The third-order valence-corrected chi connectivity index (χ3v) is 5.64. The summed E-state index contributed by atoms with van der Waals surface area (Å²) in [4.78, 5) is 13.9. The van der Waals surface area contributed by atoms with E-state index in [1.807, 2.05) is 18.2 Å². The normalized spacial score (nSPS) is 17.6. The van der Waals surface area contributed by atoms with Crippen molar-refractivity contribution in [3.8, 4) is 0 Å². The fraction of sp³-hybridized carbons (Fsp3) is 0.458. The Morgan fingerprint density at radius 3 is 2.55 bits per heavy atom. The Kier molecular flexibility index (Phi) is 7.29. The zero-order valence-electron chi connectivity index (χ0n) is 17.6. The lowest BCUT2D eigenvalue weighted by Gasteiger charge is -2.43. The summed E-state index contributed by atoms with van der Waals surface area (Å²) in [6.07, 6.45) is 3.03. The summed E-state index contributed by atoms with van der Waals surface area (Å²) in [5.41, 5.74) is 7.97. The molecule has 1 amide bonds. The summed E-state index contributed by atoms with van der Waals surface area (Å²) < 4.78 is 6.40. The molecule has 1 atom stereocenters. The van der Waals surface area contributed by atoms with Crippen molar-refractivity contribution in [3.63, 3.8) is 0 Å². The van der Waals surface area contributed by atoms with E-state index in [9.17, 15) is 4.79 Å². The SMILES string of the molecule is CCCOC1(c2ccccc2)CCN(CC(C)Nc2cccc(C(N)=O)c2)CC1. The highest BCUT2D eigenvalue weighted by Gasteiger charge is 2.37. The van der Waals surface area contributed by atoms with Crippen LogP contribution >= 0.6 is 0 Å². The third-order valence-electron chi connectivity index (χ3n) is 5.64. The van der Waals surface area contributed by atoms with Gasteiger partial charge in [-0.25, -0.2) is 0 Å². The van der Waals surface area contributed by atoms with Crippen molar-refractivity contribution in [3.05, 3.63) is 65.7 Å². The molecule has 2 aromatic rings. The van der Waals surface area contributed by atoms with E-state index in [0.717, 1.165) is 51.2 Å². The van der Waals surface area contributed by atoms with Crippen LogP contribution in [0.25, 0.3) is 0 Å². The number of likely N-dealkylation sites (tertiary alicyclic amines) is 1. The second-order valence-corrected chi connectivity index (χ2v) is 8.00. The molecule has 0 bridgehead atoms. The first-order chi connectivity index (χ1) is 14.0. The molecule has 3 rings (SSSR count). The number of rotatable bonds is 9. The lowest BCUT2D eigenvalue weighted by atomic mass is 9.84. The van der Waals surface area contributed by atoms with Crippen molar-refractivity contribution in [2.24, 2.45) is 5.73 Å². The van der Waals surface area contributed by atoms with Gasteiger partial charge in [-0.3, -0.25) is 4.79 Å². The molecule has 1 fully saturated rings. The molecule has 1 saturated heterocycles. The van der Waals surface area contributed by atoms with Crippen LogP contribution in [0.1, 0.15) is 49.0 Å². The number of piperidine rings is 1. The van der Waals surface area contributed by atoms with Crippen LogP contribution in [0.15, 0.2) is 54.6 Å². The molecule has 1 aliphatic heterocycles. The van der Waals surface area contributed by atoms with Crippen LogP contribution in [0.5, 0.6) is 0 Å². The third kappa shape index (κ3) is 5.58. The predicted octanol–water partition coefficient (Wildman–Crippen LogP) is 4.00. The highest BCUT2D eigenvalue weighted by atomic mass is 16.5. The van der Waals surface area contributed by atoms with Gasteiger partial charge in [0, 0.05) is 43.5 Å². The fourth-order valence-corrected chi connectivity index (χ4v) is 4.13. The Hall–Kier alpha value is -2.37. The van der Waals surface area contributed by atoms with Gasteiger partial charge >= 0.3 is 0 Å². The molecule has 5 nitrogen and oxygen atoms in total. The highest BCUT2D eigenvalue weighted by molar-refractivity contribution is 5.93. The van der Waals surface area contributed by atoms with Gasteiger partial charge in [-0.15, -0.1) is 0 Å². The summed E-state index contributed by atoms with van der Waals surface area (Å²) in [6, 6.07) is 18.3. The van der Waals surface area contributed by atoms with E-state index in [0.29, 0.717) is 5.56 Å². The molecule has 2 aromatic carbocycles. The smallest absolute Gasteiger partial charge is 0.248 e. The quantitative estimate of drug-likeness (QED) is 0.673. The maximum atomic E-state index is 11.4. The largest absolute Gasteiger partial charge is 0.381 e. The van der Waals surface area contributed by atoms with Crippen LogP contribution < -0.4 is 11.1 Å². The average Bonchev–Trinajstić information content (AvgIpc) is 2.74. The zero-order chi connectivity index (χ0) is 20.7. The van der Waals surface area contributed by atoms with E-state index in [-0.39, 0.29) is 11.6 Å². The minimum atomic E-state index is -0.401. The Morgan fingerprint density at radius 2 is 1.90 bits per heavy atom. The van der Waals surface area contributed by atoms with E-state index >= 15 is 0 Å². The van der Waals surface area contributed by atoms with Crippen molar-refractivity contribution < 1.29 is 9.53 Å². The van der Waals surface area contributed by atoms with Gasteiger partial charge in [-0.05, 0) is 49.9 Å². The molecule has 0 aromatic heterocycles. The van der Waals surface area contributed by atoms with Crippen LogP contribution in [-0.2, 0) is 10.3 Å². The maximum absolute atomic E-state index is 11.4. The van der Waals surface area contributed by atoms with E-state index in [1.165, 1.54) is 5.56 Å². The first-order valence-corrected chi connectivity index (χ1v) is 10.6. The lowest BCUT2D eigenvalue weighted by molar-refractivity contribution is -0.0899. The lowest BCUT2D eigenvalue weighted by Crippen LogP contribution is -2.47. The van der Waals surface area contributed by atoms with Crippen LogP contribution in [0.4, 0.5) is 5.69 Å². The molecule has 3 N–H and O–H groups in total. The average molecular weight is 396 g/mol. The molecular formula is C24H33N3O2. The molecule has 29 heavy (non-hydrogen) atoms. The van der Waals surface area contributed by atoms with E-state index in [1.54, 1.807) is 6.07 Å². The van der Waals surface area contributed by atoms with Gasteiger partial charge in [0.25, 0.3) is 0 Å². The summed E-state index contributed by atoms with van der Waals surface area (Å²) in [5, 5.41) is 3.49. The minimum absolute atomic E-state index is 0.166. The van der Waals surface area contributed by atoms with Crippen LogP contribution in [0.3, 0.4) is 0 Å². The molecule has 1 aliphatic rings. The number of benzene rings is 2. The van der Waals surface area contributed by atoms with E-state index in [2.05, 4.69) is 54.4 Å². The molecule has 0 radical (unpaired) electrons. The Bertz CT molecular complexity index is 786. The second kappa shape index (κ2) is 9.90. The van der Waals surface area contributed by atoms with Gasteiger partial charge < -0.3 is 20.7 Å². The Labute approximate surface area is 174 Å². The van der Waals surface area contributed by atoms with Crippen molar-refractivity contribution >= 4 is 11.6 Å². The van der Waals surface area contributed by atoms with E-state index < -0.39 is 5.91 Å². The number of nitrogens with one attached hydrogen (secondary N) is 1. The second-order valence-electron chi connectivity index (χ2n) is 8.00. The molecule has 1 heterocycles. The molecular weight excluding hydrogens is 362 g/mol. The zero-order valence-corrected chi connectivity index (χ0v) is 17.6. The summed E-state index contributed by atoms with van der Waals surface area (Å²) in [7, 11) is 0. The van der Waals surface area contributed by atoms with Crippen molar-refractivity contribution in [1.82, 2.24) is 4.90 Å². The van der Waals surface area contributed by atoms with Gasteiger partial charge in [0.05, 0.1) is 5.60 Å². The van der Waals surface area contributed by atoms with Crippen LogP contribution in [-0.4, -0.2) is 43.1 Å². The van der Waals surface area contributed by atoms with Crippen molar-refractivity contribution in [1.29, 1.82) is 0 Å². The summed E-state index contributed by atoms with van der Waals surface area (Å²) in [5.74, 6) is -0.401. The number of anilines is 1. The van der Waals surface area contributed by atoms with Crippen molar-refractivity contribution in [2.75, 3.05) is 31.6 Å². The molecule has 156 valence electrons. The number of amides is 1. The highest BCUT2D eigenvalue weighted by Crippen LogP contribution is 2.37. The minimum Gasteiger partial charge on any atom is -0.381 e. The van der Waals surface area contributed by atoms with Crippen LogP contribution in [0.2, 0.25) is 0 Å². The van der Waals surface area contributed by atoms with E-state index in [4.69, 9.17) is 10.5 Å². The van der Waals surface area contributed by atoms with Gasteiger partial charge in [0.2, 0.25) is 5.91 Å². The first-order valence-electron chi connectivity index (χ1n) is 10.6. The molecule has 1 unspecified atom stereocenters. The standard InChI is InChI=1S/C24H33N3O2/c1-3-16-29-24(21-9-5-4-6-10-21)12-14-27(15-13-24)18-19(2)26-22-11-7-8-20(17-22)23(25)28/h4-11,17,19,26H,3,12-16,18H2,1-2H3,(H2,25,28). The van der Waals surface area contributed by atoms with Gasteiger partial charge in [-0.2, -0.15) is 0 Å². The number of hydrogen-bond donors (Lipinski definition) is 2. The number of nitrogens with two attached hydrogens (primary N) is 1. The number of carbonyl (C=O) groups excluding carboxylic acids is 1. The summed E-state index contributed by atoms with van der Waals surface area (Å²) >= 11 is 0. The fourth-order valence-electron chi connectivity index (χ4n) is 4.13. The van der Waals surface area contributed by atoms with Crippen molar-refractivity contribution in [2.45, 2.75) is 44.8 Å². The Morgan fingerprint density at radius 1 is 1.17 bits per heavy atom. The number of carbonyl (C=O) groups is 1. The van der Waals surface area contributed by atoms with Gasteiger partial charge in [0.1, 0.15) is 0 Å². The van der Waals surface area contributed by atoms with Gasteiger partial charge in [0.15, 0.2) is 0 Å². The molecule has 0 spiro atoms. The number of hydrogen-bond acceptors (Lipinski definition) is 4. The molecule has 5 heteroatoms. The Balaban J connectivity index is 1.58. The summed E-state index contributed by atoms with van der Waals surface area (Å²) in [6.45, 7) is 8.08. The van der Waals surface area contributed by atoms with Gasteiger partial charge in [-0.1, -0.05) is 43.3 Å². The molecule has 0 aliphatic carbocycles. The monoisotopic (exact) mass is 395 g/mol. The molecule has 0 saturated carbocycles. The number of ether oxygens (including phenoxy) is 1. The predicted molar refractivity (Wildman–Crippen MR) is 118 cm³/mol. The topological polar surface area (TPSA) is 67.6 Å². The van der Waals surface area contributed by atoms with Crippen LogP contribution in [0, 0.1) is 0 Å². The number of primary amides is 1. The maximum Gasteiger partial charge on any atom is 0.248 e. The first kappa shape index (κ1) is 21.3. The number of nitrogens with zero attached hydrogens (tertiary/aromatic N) is 1.